The van der Waals surface area contributed by atoms with Crippen molar-refractivity contribution in [1.82, 2.24) is 10.2 Å². The third-order valence-electron chi connectivity index (χ3n) is 4.19. The summed E-state index contributed by atoms with van der Waals surface area (Å²) in [5.41, 5.74) is -0.494. The topological polar surface area (TPSA) is 49.4 Å². The van der Waals surface area contributed by atoms with Crippen molar-refractivity contribution in [2.45, 2.75) is 39.2 Å². The lowest BCUT2D eigenvalue weighted by Gasteiger charge is -2.23. The van der Waals surface area contributed by atoms with E-state index in [1.807, 2.05) is 0 Å². The predicted octanol–water partition coefficient (Wildman–Crippen LogP) is 2.48. The molecule has 0 spiro atoms. The minimum Gasteiger partial charge on any atom is -0.351 e. The van der Waals surface area contributed by atoms with Gasteiger partial charge in [0.2, 0.25) is 11.8 Å². The first-order valence-corrected chi connectivity index (χ1v) is 7.78. The van der Waals surface area contributed by atoms with E-state index in [0.717, 1.165) is 12.8 Å². The van der Waals surface area contributed by atoms with Gasteiger partial charge in [0.1, 0.15) is 11.2 Å². The zero-order chi connectivity index (χ0) is 16.2. The van der Waals surface area contributed by atoms with Crippen LogP contribution in [-0.4, -0.2) is 30.3 Å². The molecule has 1 aromatic carbocycles. The Morgan fingerprint density at radius 2 is 2.00 bits per heavy atom. The number of carbonyl (C=O) groups is 2. The van der Waals surface area contributed by atoms with Gasteiger partial charge in [-0.1, -0.05) is 31.5 Å². The second-order valence-electron chi connectivity index (χ2n) is 5.94. The van der Waals surface area contributed by atoms with Crippen LogP contribution in [0.15, 0.2) is 24.3 Å². The summed E-state index contributed by atoms with van der Waals surface area (Å²) >= 11 is 0. The number of nitrogens with one attached hydrogen (secondary N) is 1. The number of benzene rings is 1. The van der Waals surface area contributed by atoms with Crippen molar-refractivity contribution in [3.63, 3.8) is 0 Å². The Morgan fingerprint density at radius 3 is 2.59 bits per heavy atom. The molecule has 1 N–H and O–H groups in total. The molecule has 4 nitrogen and oxygen atoms in total. The van der Waals surface area contributed by atoms with Gasteiger partial charge in [-0.05, 0) is 25.3 Å². The van der Waals surface area contributed by atoms with E-state index in [0.29, 0.717) is 24.9 Å². The van der Waals surface area contributed by atoms with Crippen LogP contribution in [0.5, 0.6) is 0 Å². The molecule has 2 rings (SSSR count). The van der Waals surface area contributed by atoms with Gasteiger partial charge in [0.05, 0.1) is 0 Å². The lowest BCUT2D eigenvalue weighted by atomic mass is 10.0. The van der Waals surface area contributed by atoms with Crippen LogP contribution in [0.2, 0.25) is 0 Å². The molecule has 0 aromatic heterocycles. The summed E-state index contributed by atoms with van der Waals surface area (Å²) in [6.07, 6.45) is 3.08. The molecular weight excluding hydrogens is 283 g/mol. The average molecular weight is 306 g/mol. The molecular formula is C17H23FN2O2. The number of hydrogen-bond donors (Lipinski definition) is 1. The fourth-order valence-electron chi connectivity index (χ4n) is 2.51. The molecule has 0 unspecified atom stereocenters. The summed E-state index contributed by atoms with van der Waals surface area (Å²) in [5, 5.41) is 2.71. The van der Waals surface area contributed by atoms with E-state index in [9.17, 15) is 14.0 Å². The van der Waals surface area contributed by atoms with Gasteiger partial charge < -0.3 is 10.2 Å². The second kappa shape index (κ2) is 6.90. The monoisotopic (exact) mass is 306 g/mol. The van der Waals surface area contributed by atoms with Crippen molar-refractivity contribution in [3.05, 3.63) is 35.6 Å². The van der Waals surface area contributed by atoms with Crippen LogP contribution in [-0.2, 0) is 16.1 Å². The van der Waals surface area contributed by atoms with Gasteiger partial charge in [0, 0.05) is 25.7 Å². The quantitative estimate of drug-likeness (QED) is 0.787. The number of amides is 2. The Hall–Kier alpha value is -1.91. The highest BCUT2D eigenvalue weighted by molar-refractivity contribution is 6.07. The molecule has 120 valence electrons. The van der Waals surface area contributed by atoms with Crippen LogP contribution in [0, 0.1) is 11.2 Å². The first-order chi connectivity index (χ1) is 10.5. The molecule has 0 aliphatic heterocycles. The zero-order valence-corrected chi connectivity index (χ0v) is 13.2. The van der Waals surface area contributed by atoms with Crippen molar-refractivity contribution in [3.8, 4) is 0 Å². The second-order valence-corrected chi connectivity index (χ2v) is 5.94. The minimum absolute atomic E-state index is 0.110. The van der Waals surface area contributed by atoms with Gasteiger partial charge >= 0.3 is 0 Å². The average Bonchev–Trinajstić information content (AvgIpc) is 3.32. The highest BCUT2D eigenvalue weighted by Gasteiger charge is 2.57. The maximum absolute atomic E-state index is 13.6. The molecule has 0 heterocycles. The van der Waals surface area contributed by atoms with Crippen molar-refractivity contribution in [1.29, 1.82) is 0 Å². The van der Waals surface area contributed by atoms with Gasteiger partial charge in [-0.15, -0.1) is 0 Å². The third kappa shape index (κ3) is 3.46. The van der Waals surface area contributed by atoms with Crippen molar-refractivity contribution < 1.29 is 14.0 Å². The number of unbranched alkanes of at least 4 members (excludes halogenated alkanes) is 1. The Bertz CT molecular complexity index is 555. The van der Waals surface area contributed by atoms with E-state index in [2.05, 4.69) is 12.2 Å². The Morgan fingerprint density at radius 1 is 1.32 bits per heavy atom. The largest absolute Gasteiger partial charge is 0.351 e. The molecule has 0 radical (unpaired) electrons. The van der Waals surface area contributed by atoms with E-state index in [4.69, 9.17) is 0 Å². The summed E-state index contributed by atoms with van der Waals surface area (Å²) in [7, 11) is 1.74. The van der Waals surface area contributed by atoms with Gasteiger partial charge in [0.15, 0.2) is 0 Å². The standard InChI is InChI=1S/C17H23FN2O2/c1-3-4-11-20(2)16(22)17(9-10-17)15(21)19-12-13-7-5-6-8-14(13)18/h5-8H,3-4,9-12H2,1-2H3,(H,19,21). The first-order valence-electron chi connectivity index (χ1n) is 7.78. The summed E-state index contributed by atoms with van der Waals surface area (Å²) in [4.78, 5) is 26.4. The van der Waals surface area contributed by atoms with Gasteiger partial charge in [0.25, 0.3) is 0 Å². The summed E-state index contributed by atoms with van der Waals surface area (Å²) < 4.78 is 13.6. The minimum atomic E-state index is -0.923. The van der Waals surface area contributed by atoms with Crippen LogP contribution >= 0.6 is 0 Å². The number of halogens is 1. The molecule has 22 heavy (non-hydrogen) atoms. The predicted molar refractivity (Wildman–Crippen MR) is 82.5 cm³/mol. The fraction of sp³-hybridized carbons (Fsp3) is 0.529. The van der Waals surface area contributed by atoms with E-state index in [1.54, 1.807) is 30.1 Å². The molecule has 0 atom stereocenters. The Kier molecular flexibility index (Phi) is 5.16. The number of hydrogen-bond acceptors (Lipinski definition) is 2. The lowest BCUT2D eigenvalue weighted by Crippen LogP contribution is -2.44. The molecule has 1 aromatic rings. The SMILES string of the molecule is CCCCN(C)C(=O)C1(C(=O)NCc2ccccc2F)CC1. The zero-order valence-electron chi connectivity index (χ0n) is 13.2. The molecule has 5 heteroatoms. The van der Waals surface area contributed by atoms with Gasteiger partial charge in [-0.25, -0.2) is 4.39 Å². The van der Waals surface area contributed by atoms with Gasteiger partial charge in [-0.2, -0.15) is 0 Å². The molecule has 1 aliphatic rings. The van der Waals surface area contributed by atoms with Crippen LogP contribution in [0.25, 0.3) is 0 Å². The summed E-state index contributed by atoms with van der Waals surface area (Å²) in [6, 6.07) is 6.32. The molecule has 1 saturated carbocycles. The first kappa shape index (κ1) is 16.5. The van der Waals surface area contributed by atoms with Crippen molar-refractivity contribution in [2.24, 2.45) is 5.41 Å². The fourth-order valence-corrected chi connectivity index (χ4v) is 2.51. The van der Waals surface area contributed by atoms with Crippen molar-refractivity contribution in [2.75, 3.05) is 13.6 Å². The smallest absolute Gasteiger partial charge is 0.238 e. The molecule has 1 aliphatic carbocycles. The maximum atomic E-state index is 13.6. The lowest BCUT2D eigenvalue weighted by molar-refractivity contribution is -0.143. The van der Waals surface area contributed by atoms with Gasteiger partial charge in [-0.3, -0.25) is 9.59 Å². The highest BCUT2D eigenvalue weighted by Crippen LogP contribution is 2.47. The Labute approximate surface area is 130 Å². The highest BCUT2D eigenvalue weighted by atomic mass is 19.1. The molecule has 0 bridgehead atoms. The third-order valence-corrected chi connectivity index (χ3v) is 4.19. The number of carbonyl (C=O) groups excluding carboxylic acids is 2. The van der Waals surface area contributed by atoms with E-state index in [1.165, 1.54) is 6.07 Å². The molecule has 1 fully saturated rings. The maximum Gasteiger partial charge on any atom is 0.238 e. The normalized spacial score (nSPS) is 15.2. The number of rotatable bonds is 7. The van der Waals surface area contributed by atoms with Crippen LogP contribution in [0.3, 0.4) is 0 Å². The number of nitrogens with zero attached hydrogens (tertiary/aromatic N) is 1. The van der Waals surface area contributed by atoms with E-state index < -0.39 is 5.41 Å². The van der Waals surface area contributed by atoms with Crippen LogP contribution < -0.4 is 5.32 Å². The van der Waals surface area contributed by atoms with Crippen LogP contribution in [0.4, 0.5) is 4.39 Å². The molecule has 0 saturated heterocycles. The van der Waals surface area contributed by atoms with E-state index in [-0.39, 0.29) is 24.2 Å². The Balaban J connectivity index is 1.94. The van der Waals surface area contributed by atoms with E-state index >= 15 is 0 Å². The van der Waals surface area contributed by atoms with Crippen LogP contribution in [0.1, 0.15) is 38.2 Å². The summed E-state index contributed by atoms with van der Waals surface area (Å²) in [6.45, 7) is 2.84. The summed E-state index contributed by atoms with van der Waals surface area (Å²) in [5.74, 6) is -0.755. The molecule has 2 amide bonds. The van der Waals surface area contributed by atoms with Crippen molar-refractivity contribution >= 4 is 11.8 Å².